The van der Waals surface area contributed by atoms with E-state index in [0.717, 1.165) is 51.4 Å². The molecule has 0 radical (unpaired) electrons. The monoisotopic (exact) mass is 401 g/mol. The van der Waals surface area contributed by atoms with Crippen LogP contribution in [-0.2, 0) is 4.79 Å². The zero-order valence-electron chi connectivity index (χ0n) is 18.7. The number of hydrogen-bond acceptors (Lipinski definition) is 6. The Labute approximate surface area is 171 Å². The van der Waals surface area contributed by atoms with Crippen molar-refractivity contribution < 1.29 is 20.1 Å². The highest BCUT2D eigenvalue weighted by atomic mass is 16.4. The molecular formula is C21H43N3O4. The number of hydrogen-bond donors (Lipinski definition) is 3. The van der Waals surface area contributed by atoms with E-state index >= 15 is 0 Å². The fourth-order valence-corrected chi connectivity index (χ4v) is 4.70. The first-order valence-electron chi connectivity index (χ1n) is 10.6. The van der Waals surface area contributed by atoms with Crippen molar-refractivity contribution in [3.05, 3.63) is 0 Å². The third kappa shape index (κ3) is 8.74. The summed E-state index contributed by atoms with van der Waals surface area (Å²) in [6, 6.07) is 0.190. The molecule has 0 aromatic carbocycles. The van der Waals surface area contributed by atoms with Gasteiger partial charge >= 0.3 is 5.97 Å². The van der Waals surface area contributed by atoms with Crippen molar-refractivity contribution >= 4 is 5.97 Å². The van der Waals surface area contributed by atoms with E-state index in [-0.39, 0.29) is 12.1 Å². The molecule has 0 aromatic rings. The van der Waals surface area contributed by atoms with Gasteiger partial charge < -0.3 is 25.1 Å². The molecular weight excluding hydrogens is 358 g/mol. The zero-order chi connectivity index (χ0) is 21.4. The molecule has 3 aliphatic heterocycles. The number of carboxylic acid groups (broad SMARTS) is 1. The van der Waals surface area contributed by atoms with Gasteiger partial charge in [0.2, 0.25) is 0 Å². The molecule has 166 valence electrons. The maximum Gasteiger partial charge on any atom is 0.320 e. The van der Waals surface area contributed by atoms with E-state index < -0.39 is 5.97 Å². The summed E-state index contributed by atoms with van der Waals surface area (Å²) < 4.78 is 0. The fraction of sp³-hybridized carbons (Fsp3) is 0.952. The second kappa shape index (κ2) is 12.1. The summed E-state index contributed by atoms with van der Waals surface area (Å²) in [6.07, 6.45) is 2.85. The van der Waals surface area contributed by atoms with Crippen molar-refractivity contribution in [1.29, 1.82) is 0 Å². The molecule has 7 nitrogen and oxygen atoms in total. The Morgan fingerprint density at radius 2 is 1.39 bits per heavy atom. The molecule has 3 N–H and O–H groups in total. The van der Waals surface area contributed by atoms with Gasteiger partial charge in [0.1, 0.15) is 6.04 Å². The summed E-state index contributed by atoms with van der Waals surface area (Å²) in [4.78, 5) is 16.8. The second-order valence-corrected chi connectivity index (χ2v) is 9.47. The Morgan fingerprint density at radius 3 is 1.68 bits per heavy atom. The fourth-order valence-electron chi connectivity index (χ4n) is 4.70. The Balaban J connectivity index is 0.000000210. The standard InChI is InChI=1S/C7H13NO2.2C7H15NO/c1-5-3-6(7(9)10)8(2)4-5;1-6-3-7(5-9)8(2)4-6;1-6-3-7(9)5-8(2)4-6/h5-6H,3-4H2,1-2H3,(H,9,10);2*6-7,9H,3-5H2,1-2H3. The van der Waals surface area contributed by atoms with E-state index in [1.165, 1.54) is 0 Å². The van der Waals surface area contributed by atoms with E-state index in [0.29, 0.717) is 24.5 Å². The molecule has 0 aromatic heterocycles. The van der Waals surface area contributed by atoms with Gasteiger partial charge in [-0.25, -0.2) is 0 Å². The van der Waals surface area contributed by atoms with Crippen molar-refractivity contribution in [3.63, 3.8) is 0 Å². The quantitative estimate of drug-likeness (QED) is 0.637. The van der Waals surface area contributed by atoms with E-state index in [1.807, 2.05) is 11.9 Å². The van der Waals surface area contributed by atoms with Gasteiger partial charge in [-0.3, -0.25) is 9.69 Å². The molecule has 0 amide bonds. The van der Waals surface area contributed by atoms with Gasteiger partial charge in [0.05, 0.1) is 12.7 Å². The molecule has 6 atom stereocenters. The smallest absolute Gasteiger partial charge is 0.320 e. The summed E-state index contributed by atoms with van der Waals surface area (Å²) in [5.41, 5.74) is 0. The summed E-state index contributed by atoms with van der Waals surface area (Å²) in [7, 11) is 5.99. The SMILES string of the molecule is CC1CC(C(=O)O)N(C)C1.CC1CC(CO)N(C)C1.CC1CC(O)CN(C)C1. The molecule has 3 saturated heterocycles. The average molecular weight is 402 g/mol. The van der Waals surface area contributed by atoms with Crippen molar-refractivity contribution in [1.82, 2.24) is 14.7 Å². The first kappa shape index (κ1) is 25.3. The summed E-state index contributed by atoms with van der Waals surface area (Å²) >= 11 is 0. The molecule has 3 heterocycles. The number of aliphatic hydroxyl groups is 2. The molecule has 3 rings (SSSR count). The average Bonchev–Trinajstić information content (AvgIpc) is 3.07. The number of aliphatic carboxylic acids is 1. The number of piperidine rings is 1. The lowest BCUT2D eigenvalue weighted by Crippen LogP contribution is -2.39. The van der Waals surface area contributed by atoms with Crippen LogP contribution in [0.25, 0.3) is 0 Å². The Kier molecular flexibility index (Phi) is 10.9. The van der Waals surface area contributed by atoms with E-state index in [9.17, 15) is 9.90 Å². The molecule has 7 heteroatoms. The predicted molar refractivity (Wildman–Crippen MR) is 112 cm³/mol. The highest BCUT2D eigenvalue weighted by Gasteiger charge is 2.31. The van der Waals surface area contributed by atoms with Crippen LogP contribution >= 0.6 is 0 Å². The van der Waals surface area contributed by atoms with Crippen molar-refractivity contribution in [3.8, 4) is 0 Å². The maximum atomic E-state index is 10.5. The zero-order valence-corrected chi connectivity index (χ0v) is 18.7. The maximum absolute atomic E-state index is 10.5. The first-order valence-corrected chi connectivity index (χ1v) is 10.6. The molecule has 3 aliphatic rings. The van der Waals surface area contributed by atoms with Gasteiger partial charge in [0, 0.05) is 32.2 Å². The summed E-state index contributed by atoms with van der Waals surface area (Å²) in [6.45, 7) is 10.9. The molecule has 0 bridgehead atoms. The van der Waals surface area contributed by atoms with Crippen LogP contribution in [0.3, 0.4) is 0 Å². The minimum atomic E-state index is -0.688. The largest absolute Gasteiger partial charge is 0.480 e. The van der Waals surface area contributed by atoms with Crippen molar-refractivity contribution in [2.24, 2.45) is 17.8 Å². The molecule has 28 heavy (non-hydrogen) atoms. The van der Waals surface area contributed by atoms with Gasteiger partial charge in [0.25, 0.3) is 0 Å². The van der Waals surface area contributed by atoms with Crippen LogP contribution in [-0.4, -0.2) is 108 Å². The normalized spacial score (nSPS) is 37.0. The summed E-state index contributed by atoms with van der Waals surface area (Å²) in [5, 5.41) is 26.7. The lowest BCUT2D eigenvalue weighted by Gasteiger charge is -2.30. The lowest BCUT2D eigenvalue weighted by atomic mass is 9.99. The van der Waals surface area contributed by atoms with Gasteiger partial charge in [-0.05, 0) is 58.2 Å². The highest BCUT2D eigenvalue weighted by molar-refractivity contribution is 5.73. The van der Waals surface area contributed by atoms with Gasteiger partial charge in [-0.15, -0.1) is 0 Å². The minimum absolute atomic E-state index is 0.0845. The van der Waals surface area contributed by atoms with Crippen LogP contribution in [0.1, 0.15) is 40.0 Å². The Hall–Kier alpha value is -0.730. The molecule has 6 unspecified atom stereocenters. The van der Waals surface area contributed by atoms with E-state index in [1.54, 1.807) is 0 Å². The summed E-state index contributed by atoms with van der Waals surface area (Å²) in [5.74, 6) is 1.28. The van der Waals surface area contributed by atoms with Crippen LogP contribution in [0, 0.1) is 17.8 Å². The topological polar surface area (TPSA) is 87.5 Å². The van der Waals surface area contributed by atoms with Gasteiger partial charge in [0.15, 0.2) is 0 Å². The third-order valence-corrected chi connectivity index (χ3v) is 5.97. The molecule has 3 fully saturated rings. The Bertz CT molecular complexity index is 440. The van der Waals surface area contributed by atoms with Crippen LogP contribution in [0.4, 0.5) is 0 Å². The highest BCUT2D eigenvalue weighted by Crippen LogP contribution is 2.21. The van der Waals surface area contributed by atoms with Gasteiger partial charge in [-0.2, -0.15) is 0 Å². The number of aliphatic hydroxyl groups excluding tert-OH is 2. The molecule has 0 aliphatic carbocycles. The number of carbonyl (C=O) groups is 1. The lowest BCUT2D eigenvalue weighted by molar-refractivity contribution is -0.141. The number of rotatable bonds is 2. The third-order valence-electron chi connectivity index (χ3n) is 5.97. The van der Waals surface area contributed by atoms with Crippen molar-refractivity contribution in [2.75, 3.05) is 53.9 Å². The van der Waals surface area contributed by atoms with E-state index in [4.69, 9.17) is 10.2 Å². The number of nitrogens with zero attached hydrogens (tertiary/aromatic N) is 3. The number of likely N-dealkylation sites (N-methyl/N-ethyl adjacent to an activating group) is 3. The van der Waals surface area contributed by atoms with Gasteiger partial charge in [-0.1, -0.05) is 20.8 Å². The molecule has 0 spiro atoms. The number of β-amino-alcohol motifs (C(OH)–C–C–N with tert-alkyl or cyclic N) is 1. The minimum Gasteiger partial charge on any atom is -0.480 e. The predicted octanol–water partition coefficient (Wildman–Crippen LogP) is 1.05. The Morgan fingerprint density at radius 1 is 0.857 bits per heavy atom. The second-order valence-electron chi connectivity index (χ2n) is 9.47. The number of carboxylic acids is 1. The number of likely N-dealkylation sites (tertiary alicyclic amines) is 3. The molecule has 0 saturated carbocycles. The van der Waals surface area contributed by atoms with Crippen molar-refractivity contribution in [2.45, 2.75) is 58.2 Å². The van der Waals surface area contributed by atoms with Crippen LogP contribution in [0.15, 0.2) is 0 Å². The van der Waals surface area contributed by atoms with Crippen LogP contribution in [0.2, 0.25) is 0 Å². The first-order chi connectivity index (χ1) is 13.0. The van der Waals surface area contributed by atoms with Crippen LogP contribution in [0.5, 0.6) is 0 Å². The van der Waals surface area contributed by atoms with Crippen LogP contribution < -0.4 is 0 Å². The van der Waals surface area contributed by atoms with E-state index in [2.05, 4.69) is 44.7 Å².